The van der Waals surface area contributed by atoms with Crippen LogP contribution in [0.25, 0.3) is 0 Å². The molecule has 2 atom stereocenters. The SMILES string of the molecule is CC1(CN2CCCC(C(F)(F)F)C2)CCCNC1. The third-order valence-electron chi connectivity index (χ3n) is 4.26. The van der Waals surface area contributed by atoms with Crippen molar-refractivity contribution in [3.05, 3.63) is 0 Å². The molecule has 2 nitrogen and oxygen atoms in total. The Hall–Kier alpha value is -0.290. The van der Waals surface area contributed by atoms with Gasteiger partial charge in [-0.3, -0.25) is 0 Å². The maximum Gasteiger partial charge on any atom is 0.393 e. The molecule has 106 valence electrons. The van der Waals surface area contributed by atoms with Gasteiger partial charge in [-0.05, 0) is 44.2 Å². The van der Waals surface area contributed by atoms with E-state index in [-0.39, 0.29) is 12.0 Å². The van der Waals surface area contributed by atoms with Crippen LogP contribution in [0.15, 0.2) is 0 Å². The molecule has 2 fully saturated rings. The Balaban J connectivity index is 1.89. The first kappa shape index (κ1) is 14.1. The number of likely N-dealkylation sites (tertiary alicyclic amines) is 1. The minimum Gasteiger partial charge on any atom is -0.316 e. The maximum absolute atomic E-state index is 12.7. The zero-order valence-corrected chi connectivity index (χ0v) is 11.0. The third-order valence-corrected chi connectivity index (χ3v) is 4.26. The molecule has 2 saturated heterocycles. The Bertz CT molecular complexity index is 272. The molecule has 2 unspecified atom stereocenters. The summed E-state index contributed by atoms with van der Waals surface area (Å²) in [5.41, 5.74) is 0.145. The molecule has 0 amide bonds. The summed E-state index contributed by atoms with van der Waals surface area (Å²) < 4.78 is 38.2. The van der Waals surface area contributed by atoms with Crippen LogP contribution in [-0.4, -0.2) is 43.8 Å². The topological polar surface area (TPSA) is 15.3 Å². The highest BCUT2D eigenvalue weighted by Gasteiger charge is 2.42. The summed E-state index contributed by atoms with van der Waals surface area (Å²) >= 11 is 0. The second kappa shape index (κ2) is 5.37. The van der Waals surface area contributed by atoms with Crippen molar-refractivity contribution in [1.29, 1.82) is 0 Å². The summed E-state index contributed by atoms with van der Waals surface area (Å²) in [4.78, 5) is 2.02. The number of rotatable bonds is 2. The van der Waals surface area contributed by atoms with E-state index >= 15 is 0 Å². The zero-order valence-electron chi connectivity index (χ0n) is 11.0. The number of nitrogens with zero attached hydrogens (tertiary/aromatic N) is 1. The number of halogens is 3. The fourth-order valence-electron chi connectivity index (χ4n) is 3.26. The summed E-state index contributed by atoms with van der Waals surface area (Å²) in [6.45, 7) is 5.98. The largest absolute Gasteiger partial charge is 0.393 e. The van der Waals surface area contributed by atoms with Gasteiger partial charge in [-0.1, -0.05) is 6.92 Å². The highest BCUT2D eigenvalue weighted by molar-refractivity contribution is 4.87. The second-order valence-electron chi connectivity index (χ2n) is 6.21. The summed E-state index contributed by atoms with van der Waals surface area (Å²) in [6.07, 6.45) is -0.798. The first-order valence-corrected chi connectivity index (χ1v) is 6.89. The first-order valence-electron chi connectivity index (χ1n) is 6.89. The Morgan fingerprint density at radius 1 is 1.33 bits per heavy atom. The fraction of sp³-hybridized carbons (Fsp3) is 1.00. The van der Waals surface area contributed by atoms with Crippen LogP contribution in [-0.2, 0) is 0 Å². The molecule has 0 spiro atoms. The summed E-state index contributed by atoms with van der Waals surface area (Å²) in [7, 11) is 0. The van der Waals surface area contributed by atoms with Crippen LogP contribution in [0.2, 0.25) is 0 Å². The predicted molar refractivity (Wildman–Crippen MR) is 65.4 cm³/mol. The molecule has 2 rings (SSSR count). The summed E-state index contributed by atoms with van der Waals surface area (Å²) in [5, 5.41) is 3.36. The fourth-order valence-corrected chi connectivity index (χ4v) is 3.26. The lowest BCUT2D eigenvalue weighted by Crippen LogP contribution is -2.50. The Morgan fingerprint density at radius 3 is 2.72 bits per heavy atom. The maximum atomic E-state index is 12.7. The van der Waals surface area contributed by atoms with Gasteiger partial charge in [-0.25, -0.2) is 0 Å². The molecular weight excluding hydrogens is 241 g/mol. The molecule has 0 aliphatic carbocycles. The van der Waals surface area contributed by atoms with E-state index in [2.05, 4.69) is 12.2 Å². The molecule has 2 aliphatic rings. The Morgan fingerprint density at radius 2 is 2.11 bits per heavy atom. The number of hydrogen-bond acceptors (Lipinski definition) is 2. The van der Waals surface area contributed by atoms with Gasteiger partial charge in [-0.15, -0.1) is 0 Å². The van der Waals surface area contributed by atoms with Gasteiger partial charge in [-0.2, -0.15) is 13.2 Å². The normalized spacial score (nSPS) is 35.7. The van der Waals surface area contributed by atoms with Crippen molar-refractivity contribution in [3.63, 3.8) is 0 Å². The van der Waals surface area contributed by atoms with Crippen LogP contribution in [0.1, 0.15) is 32.6 Å². The van der Waals surface area contributed by atoms with Crippen LogP contribution in [0.5, 0.6) is 0 Å². The minimum absolute atomic E-state index is 0.145. The van der Waals surface area contributed by atoms with Crippen LogP contribution in [0.4, 0.5) is 13.2 Å². The highest BCUT2D eigenvalue weighted by Crippen LogP contribution is 2.35. The lowest BCUT2D eigenvalue weighted by Gasteiger charge is -2.42. The van der Waals surface area contributed by atoms with Gasteiger partial charge in [0.05, 0.1) is 5.92 Å². The van der Waals surface area contributed by atoms with E-state index < -0.39 is 12.1 Å². The van der Waals surface area contributed by atoms with Gasteiger partial charge < -0.3 is 10.2 Å². The van der Waals surface area contributed by atoms with Crippen molar-refractivity contribution >= 4 is 0 Å². The zero-order chi connectivity index (χ0) is 13.2. The predicted octanol–water partition coefficient (Wildman–Crippen LogP) is 2.65. The quantitative estimate of drug-likeness (QED) is 0.825. The molecule has 2 heterocycles. The van der Waals surface area contributed by atoms with E-state index in [0.29, 0.717) is 12.8 Å². The molecule has 0 bridgehead atoms. The van der Waals surface area contributed by atoms with Crippen molar-refractivity contribution in [3.8, 4) is 0 Å². The van der Waals surface area contributed by atoms with Crippen molar-refractivity contribution in [2.24, 2.45) is 11.3 Å². The van der Waals surface area contributed by atoms with Crippen molar-refractivity contribution in [2.75, 3.05) is 32.7 Å². The summed E-state index contributed by atoms with van der Waals surface area (Å²) in [6, 6.07) is 0. The lowest BCUT2D eigenvalue weighted by atomic mass is 9.81. The van der Waals surface area contributed by atoms with E-state index in [9.17, 15) is 13.2 Å². The van der Waals surface area contributed by atoms with E-state index in [1.165, 1.54) is 0 Å². The van der Waals surface area contributed by atoms with Gasteiger partial charge in [0.25, 0.3) is 0 Å². The highest BCUT2D eigenvalue weighted by atomic mass is 19.4. The standard InChI is InChI=1S/C13H23F3N2/c1-12(5-3-6-17-9-12)10-18-7-2-4-11(8-18)13(14,15)16/h11,17H,2-10H2,1H3. The number of alkyl halides is 3. The first-order chi connectivity index (χ1) is 8.39. The third kappa shape index (κ3) is 3.60. The molecule has 2 aliphatic heterocycles. The van der Waals surface area contributed by atoms with Crippen LogP contribution in [0.3, 0.4) is 0 Å². The molecule has 1 N–H and O–H groups in total. The molecule has 0 radical (unpaired) electrons. The monoisotopic (exact) mass is 264 g/mol. The van der Waals surface area contributed by atoms with Gasteiger partial charge >= 0.3 is 6.18 Å². The summed E-state index contributed by atoms with van der Waals surface area (Å²) in [5.74, 6) is -1.12. The number of piperidine rings is 2. The van der Waals surface area contributed by atoms with Gasteiger partial charge in [0.1, 0.15) is 0 Å². The van der Waals surface area contributed by atoms with Gasteiger partial charge in [0, 0.05) is 19.6 Å². The minimum atomic E-state index is -4.02. The Kier molecular flexibility index (Phi) is 4.22. The number of nitrogens with one attached hydrogen (secondary N) is 1. The van der Waals surface area contributed by atoms with Gasteiger partial charge in [0.2, 0.25) is 0 Å². The van der Waals surface area contributed by atoms with E-state index in [0.717, 1.165) is 39.0 Å². The Labute approximate surface area is 107 Å². The van der Waals surface area contributed by atoms with Crippen LogP contribution >= 0.6 is 0 Å². The average molecular weight is 264 g/mol. The second-order valence-corrected chi connectivity index (χ2v) is 6.21. The smallest absolute Gasteiger partial charge is 0.316 e. The molecule has 0 aromatic carbocycles. The van der Waals surface area contributed by atoms with E-state index in [1.807, 2.05) is 4.90 Å². The lowest BCUT2D eigenvalue weighted by molar-refractivity contribution is -0.187. The van der Waals surface area contributed by atoms with Crippen molar-refractivity contribution in [1.82, 2.24) is 10.2 Å². The van der Waals surface area contributed by atoms with Crippen molar-refractivity contribution < 1.29 is 13.2 Å². The van der Waals surface area contributed by atoms with E-state index in [1.54, 1.807) is 0 Å². The molecule has 0 saturated carbocycles. The molecule has 0 aromatic heterocycles. The molecule has 0 aromatic rings. The van der Waals surface area contributed by atoms with Crippen LogP contribution in [0, 0.1) is 11.3 Å². The average Bonchev–Trinajstić information content (AvgIpc) is 2.28. The van der Waals surface area contributed by atoms with Crippen molar-refractivity contribution in [2.45, 2.75) is 38.8 Å². The van der Waals surface area contributed by atoms with Crippen LogP contribution < -0.4 is 5.32 Å². The number of hydrogen-bond donors (Lipinski definition) is 1. The molecule has 18 heavy (non-hydrogen) atoms. The molecule has 5 heteroatoms. The van der Waals surface area contributed by atoms with E-state index in [4.69, 9.17) is 0 Å². The van der Waals surface area contributed by atoms with Gasteiger partial charge in [0.15, 0.2) is 0 Å². The molecular formula is C13H23F3N2.